The van der Waals surface area contributed by atoms with Crippen LogP contribution in [0, 0.1) is 0 Å². The van der Waals surface area contributed by atoms with E-state index in [2.05, 4.69) is 34.3 Å². The van der Waals surface area contributed by atoms with Gasteiger partial charge in [0.15, 0.2) is 5.96 Å². The van der Waals surface area contributed by atoms with Crippen molar-refractivity contribution in [2.45, 2.75) is 20.0 Å². The summed E-state index contributed by atoms with van der Waals surface area (Å²) in [5.74, 6) is 2.69. The van der Waals surface area contributed by atoms with Gasteiger partial charge in [-0.3, -0.25) is 0 Å². The summed E-state index contributed by atoms with van der Waals surface area (Å²) in [5, 5.41) is 3.36. The van der Waals surface area contributed by atoms with Crippen molar-refractivity contribution >= 4 is 11.8 Å². The molecule has 0 saturated heterocycles. The van der Waals surface area contributed by atoms with Crippen molar-refractivity contribution in [1.29, 1.82) is 0 Å². The molecule has 6 nitrogen and oxygen atoms in total. The maximum Gasteiger partial charge on any atom is 0.194 e. The molecule has 0 radical (unpaired) electrons. The van der Waals surface area contributed by atoms with E-state index >= 15 is 0 Å². The first-order chi connectivity index (χ1) is 12.5. The summed E-state index contributed by atoms with van der Waals surface area (Å²) in [6.45, 7) is 4.20. The molecule has 0 bridgehead atoms. The topological polar surface area (TPSA) is 53.0 Å². The number of ether oxygens (including phenoxy) is 1. The molecule has 6 heteroatoms. The molecule has 0 unspecified atom stereocenters. The predicted molar refractivity (Wildman–Crippen MR) is 108 cm³/mol. The van der Waals surface area contributed by atoms with E-state index in [1.165, 1.54) is 0 Å². The van der Waals surface area contributed by atoms with Crippen molar-refractivity contribution in [1.82, 2.24) is 15.2 Å². The Bertz CT molecular complexity index is 730. The second kappa shape index (κ2) is 9.65. The number of para-hydroxylation sites is 1. The zero-order valence-electron chi connectivity index (χ0n) is 16.4. The average Bonchev–Trinajstić information content (AvgIpc) is 2.65. The maximum absolute atomic E-state index is 5.45. The molecule has 0 aliphatic carbocycles. The molecular formula is C20H29N5O. The van der Waals surface area contributed by atoms with Gasteiger partial charge in [-0.1, -0.05) is 18.2 Å². The van der Waals surface area contributed by atoms with Gasteiger partial charge in [0.25, 0.3) is 0 Å². The van der Waals surface area contributed by atoms with Crippen LogP contribution in [0.2, 0.25) is 0 Å². The highest BCUT2D eigenvalue weighted by atomic mass is 16.5. The van der Waals surface area contributed by atoms with Crippen molar-refractivity contribution < 1.29 is 4.74 Å². The molecule has 140 valence electrons. The van der Waals surface area contributed by atoms with Crippen LogP contribution < -0.4 is 15.0 Å². The van der Waals surface area contributed by atoms with E-state index in [9.17, 15) is 0 Å². The second-order valence-corrected chi connectivity index (χ2v) is 6.25. The monoisotopic (exact) mass is 355 g/mol. The van der Waals surface area contributed by atoms with Crippen LogP contribution in [0.15, 0.2) is 47.6 Å². The number of methoxy groups -OCH3 is 1. The SMILES string of the molecule is CCNC(=NCc1ccnc(N(C)C)c1)N(C)Cc1ccccc1OC. The smallest absolute Gasteiger partial charge is 0.194 e. The van der Waals surface area contributed by atoms with Gasteiger partial charge in [0.2, 0.25) is 0 Å². The number of benzene rings is 1. The molecule has 0 saturated carbocycles. The third kappa shape index (κ3) is 5.37. The largest absolute Gasteiger partial charge is 0.496 e. The maximum atomic E-state index is 5.45. The van der Waals surface area contributed by atoms with Crippen LogP contribution in [0.1, 0.15) is 18.1 Å². The first-order valence-corrected chi connectivity index (χ1v) is 8.78. The fourth-order valence-electron chi connectivity index (χ4n) is 2.60. The minimum Gasteiger partial charge on any atom is -0.496 e. The zero-order chi connectivity index (χ0) is 18.9. The first-order valence-electron chi connectivity index (χ1n) is 8.78. The van der Waals surface area contributed by atoms with Crippen molar-refractivity contribution in [3.63, 3.8) is 0 Å². The Morgan fingerprint density at radius 1 is 1.19 bits per heavy atom. The Hall–Kier alpha value is -2.76. The molecule has 1 N–H and O–H groups in total. The summed E-state index contributed by atoms with van der Waals surface area (Å²) >= 11 is 0. The molecule has 0 spiro atoms. The fraction of sp³-hybridized carbons (Fsp3) is 0.400. The normalized spacial score (nSPS) is 11.2. The van der Waals surface area contributed by atoms with E-state index in [4.69, 9.17) is 9.73 Å². The van der Waals surface area contributed by atoms with Gasteiger partial charge in [-0.25, -0.2) is 9.98 Å². The van der Waals surface area contributed by atoms with Gasteiger partial charge in [0.05, 0.1) is 13.7 Å². The van der Waals surface area contributed by atoms with Crippen molar-refractivity contribution in [2.75, 3.05) is 39.7 Å². The highest BCUT2D eigenvalue weighted by Gasteiger charge is 2.10. The third-order valence-corrected chi connectivity index (χ3v) is 3.98. The number of nitrogens with zero attached hydrogens (tertiary/aromatic N) is 4. The molecule has 2 aromatic rings. The average molecular weight is 355 g/mol. The van der Waals surface area contributed by atoms with Gasteiger partial charge in [-0.2, -0.15) is 0 Å². The number of hydrogen-bond donors (Lipinski definition) is 1. The van der Waals surface area contributed by atoms with Crippen LogP contribution in [-0.4, -0.2) is 50.6 Å². The van der Waals surface area contributed by atoms with Crippen LogP contribution in [-0.2, 0) is 13.1 Å². The molecule has 2 rings (SSSR count). The van der Waals surface area contributed by atoms with Crippen LogP contribution >= 0.6 is 0 Å². The van der Waals surface area contributed by atoms with Gasteiger partial charge in [-0.15, -0.1) is 0 Å². The summed E-state index contributed by atoms with van der Waals surface area (Å²) < 4.78 is 5.45. The Kier molecular flexibility index (Phi) is 7.26. The minimum atomic E-state index is 0.599. The molecule has 0 aliphatic heterocycles. The van der Waals surface area contributed by atoms with Crippen LogP contribution in [0.3, 0.4) is 0 Å². The summed E-state index contributed by atoms with van der Waals surface area (Å²) in [6, 6.07) is 12.1. The molecule has 0 atom stereocenters. The summed E-state index contributed by atoms with van der Waals surface area (Å²) in [7, 11) is 7.70. The molecule has 26 heavy (non-hydrogen) atoms. The Morgan fingerprint density at radius 3 is 2.65 bits per heavy atom. The molecule has 1 heterocycles. The van der Waals surface area contributed by atoms with Crippen molar-refractivity contribution in [3.05, 3.63) is 53.7 Å². The van der Waals surface area contributed by atoms with Gasteiger partial charge in [-0.05, 0) is 30.7 Å². The molecule has 1 aromatic carbocycles. The summed E-state index contributed by atoms with van der Waals surface area (Å²) in [4.78, 5) is 13.2. The third-order valence-electron chi connectivity index (χ3n) is 3.98. The minimum absolute atomic E-state index is 0.599. The van der Waals surface area contributed by atoms with E-state index in [0.717, 1.165) is 41.7 Å². The van der Waals surface area contributed by atoms with E-state index in [-0.39, 0.29) is 0 Å². The van der Waals surface area contributed by atoms with Crippen LogP contribution in [0.5, 0.6) is 5.75 Å². The molecule has 0 amide bonds. The van der Waals surface area contributed by atoms with E-state index in [1.54, 1.807) is 7.11 Å². The number of pyridine rings is 1. The summed E-state index contributed by atoms with van der Waals surface area (Å²) in [5.41, 5.74) is 2.26. The molecule has 0 fully saturated rings. The Labute approximate surface area is 156 Å². The Morgan fingerprint density at radius 2 is 1.96 bits per heavy atom. The van der Waals surface area contributed by atoms with Crippen molar-refractivity contribution in [3.8, 4) is 5.75 Å². The van der Waals surface area contributed by atoms with Gasteiger partial charge >= 0.3 is 0 Å². The quantitative estimate of drug-likeness (QED) is 0.611. The second-order valence-electron chi connectivity index (χ2n) is 6.25. The fourth-order valence-corrected chi connectivity index (χ4v) is 2.60. The highest BCUT2D eigenvalue weighted by molar-refractivity contribution is 5.79. The van der Waals surface area contributed by atoms with Gasteiger partial charge < -0.3 is 19.9 Å². The number of rotatable bonds is 7. The summed E-state index contributed by atoms with van der Waals surface area (Å²) in [6.07, 6.45) is 1.83. The molecular weight excluding hydrogens is 326 g/mol. The highest BCUT2D eigenvalue weighted by Crippen LogP contribution is 2.19. The lowest BCUT2D eigenvalue weighted by atomic mass is 10.2. The standard InChI is InChI=1S/C20H29N5O/c1-6-21-20(23-14-16-11-12-22-19(13-16)24(2)3)25(4)15-17-9-7-8-10-18(17)26-5/h7-13H,6,14-15H2,1-5H3,(H,21,23). The zero-order valence-corrected chi connectivity index (χ0v) is 16.4. The van der Waals surface area contributed by atoms with Crippen molar-refractivity contribution in [2.24, 2.45) is 4.99 Å². The van der Waals surface area contributed by atoms with E-state index < -0.39 is 0 Å². The number of anilines is 1. The number of nitrogens with one attached hydrogen (secondary N) is 1. The number of aromatic nitrogens is 1. The van der Waals surface area contributed by atoms with E-state index in [0.29, 0.717) is 6.54 Å². The van der Waals surface area contributed by atoms with E-state index in [1.807, 2.05) is 56.5 Å². The molecule has 0 aliphatic rings. The van der Waals surface area contributed by atoms with Gasteiger partial charge in [0, 0.05) is 46.0 Å². The number of hydrogen-bond acceptors (Lipinski definition) is 4. The lowest BCUT2D eigenvalue weighted by Crippen LogP contribution is -2.38. The van der Waals surface area contributed by atoms with Crippen LogP contribution in [0.25, 0.3) is 0 Å². The number of guanidine groups is 1. The lowest BCUT2D eigenvalue weighted by molar-refractivity contribution is 0.396. The predicted octanol–water partition coefficient (Wildman–Crippen LogP) is 2.75. The lowest BCUT2D eigenvalue weighted by Gasteiger charge is -2.23. The number of aliphatic imine (C=N–C) groups is 1. The van der Waals surface area contributed by atoms with Crippen LogP contribution in [0.4, 0.5) is 5.82 Å². The molecule has 1 aromatic heterocycles. The van der Waals surface area contributed by atoms with Gasteiger partial charge in [0.1, 0.15) is 11.6 Å². The first kappa shape index (κ1) is 19.6. The Balaban J connectivity index is 2.13.